The van der Waals surface area contributed by atoms with Gasteiger partial charge in [-0.2, -0.15) is 18.3 Å². The first-order valence-electron chi connectivity index (χ1n) is 9.92. The van der Waals surface area contributed by atoms with Gasteiger partial charge in [0.2, 0.25) is 0 Å². The summed E-state index contributed by atoms with van der Waals surface area (Å²) in [5.41, 5.74) is 6.24. The summed E-state index contributed by atoms with van der Waals surface area (Å²) in [6.07, 6.45) is 0.564. The van der Waals surface area contributed by atoms with E-state index < -0.39 is 11.9 Å². The molecule has 3 aromatic rings. The molecule has 4 rings (SSSR count). The third kappa shape index (κ3) is 3.91. The first kappa shape index (κ1) is 21.8. The smallest absolute Gasteiger partial charge is 0.397 e. The van der Waals surface area contributed by atoms with Crippen LogP contribution in [-0.2, 0) is 18.0 Å². The second kappa shape index (κ2) is 8.23. The quantitative estimate of drug-likeness (QED) is 0.598. The number of anilines is 1. The summed E-state index contributed by atoms with van der Waals surface area (Å²) in [5, 5.41) is 11.4. The lowest BCUT2D eigenvalue weighted by Gasteiger charge is -2.34. The van der Waals surface area contributed by atoms with Gasteiger partial charge in [0.1, 0.15) is 17.0 Å². The number of ether oxygens (including phenoxy) is 1. The minimum Gasteiger partial charge on any atom is -0.397 e. The third-order valence-electron chi connectivity index (χ3n) is 5.30. The van der Waals surface area contributed by atoms with Crippen molar-refractivity contribution in [1.29, 1.82) is 5.41 Å². The fourth-order valence-electron chi connectivity index (χ4n) is 3.85. The maximum atomic E-state index is 13.8. The second-order valence-corrected chi connectivity index (χ2v) is 7.55. The van der Waals surface area contributed by atoms with Crippen molar-refractivity contribution in [2.75, 3.05) is 24.7 Å². The van der Waals surface area contributed by atoms with Crippen LogP contribution in [0.3, 0.4) is 0 Å². The first-order valence-corrected chi connectivity index (χ1v) is 9.92. The number of allylic oxidation sites excluding steroid dienone is 1. The summed E-state index contributed by atoms with van der Waals surface area (Å²) in [4.78, 5) is 11.0. The lowest BCUT2D eigenvalue weighted by molar-refractivity contribution is -0.140. The molecule has 3 N–H and O–H groups in total. The standard InChI is InChI=1S/C21H22F3N7O/c1-12-11-32-8-7-31(12)17-9-14(15-10-30(2)29-20(15)21(22,23)24)13-4-6-27-19(18(13)28-17)16(26)3-5-25/h3-6,9-10,12,25H,7-8,11,26H2,1-2H3/b16-3-,25-5?. The van der Waals surface area contributed by atoms with Crippen LogP contribution in [0.5, 0.6) is 0 Å². The average Bonchev–Trinajstić information content (AvgIpc) is 3.15. The number of nitrogens with zero attached hydrogens (tertiary/aromatic N) is 5. The highest BCUT2D eigenvalue weighted by Crippen LogP contribution is 2.40. The van der Waals surface area contributed by atoms with Crippen molar-refractivity contribution < 1.29 is 17.9 Å². The molecule has 0 saturated carbocycles. The molecule has 1 atom stereocenters. The SMILES string of the molecule is CC1COCCN1c1cc(-c2cn(C)nc2C(F)(F)F)c2ccnc(/C(N)=C/C=N)c2n1. The van der Waals surface area contributed by atoms with Gasteiger partial charge in [-0.1, -0.05) is 0 Å². The highest BCUT2D eigenvalue weighted by Gasteiger charge is 2.38. The summed E-state index contributed by atoms with van der Waals surface area (Å²) in [5.74, 6) is 0.497. The highest BCUT2D eigenvalue weighted by molar-refractivity contribution is 6.01. The first-order chi connectivity index (χ1) is 15.2. The van der Waals surface area contributed by atoms with Gasteiger partial charge in [-0.15, -0.1) is 0 Å². The number of pyridine rings is 2. The van der Waals surface area contributed by atoms with Gasteiger partial charge in [-0.25, -0.2) is 4.98 Å². The molecule has 0 amide bonds. The molecule has 1 saturated heterocycles. The fraction of sp³-hybridized carbons (Fsp3) is 0.333. The van der Waals surface area contributed by atoms with Crippen molar-refractivity contribution in [3.05, 3.63) is 42.0 Å². The van der Waals surface area contributed by atoms with E-state index in [9.17, 15) is 13.2 Å². The summed E-state index contributed by atoms with van der Waals surface area (Å²) in [6.45, 7) is 3.46. The lowest BCUT2D eigenvalue weighted by atomic mass is 10.00. The molecule has 0 bridgehead atoms. The molecule has 0 spiro atoms. The summed E-state index contributed by atoms with van der Waals surface area (Å²) < 4.78 is 48.0. The van der Waals surface area contributed by atoms with Crippen LogP contribution in [0, 0.1) is 5.41 Å². The molecule has 4 heterocycles. The molecule has 1 aliphatic heterocycles. The molecule has 0 aliphatic carbocycles. The number of aryl methyl sites for hydroxylation is 1. The van der Waals surface area contributed by atoms with Gasteiger partial charge in [0.25, 0.3) is 0 Å². The Labute approximate surface area is 182 Å². The maximum absolute atomic E-state index is 13.8. The highest BCUT2D eigenvalue weighted by atomic mass is 19.4. The van der Waals surface area contributed by atoms with Crippen LogP contribution in [0.15, 0.2) is 30.6 Å². The summed E-state index contributed by atoms with van der Waals surface area (Å²) in [6, 6.07) is 3.24. The van der Waals surface area contributed by atoms with Crippen LogP contribution >= 0.6 is 0 Å². The molecule has 1 fully saturated rings. The topological polar surface area (TPSA) is 106 Å². The molecule has 1 aliphatic rings. The number of fused-ring (bicyclic) bond motifs is 1. The zero-order valence-corrected chi connectivity index (χ0v) is 17.5. The van der Waals surface area contributed by atoms with Crippen LogP contribution in [-0.4, -0.2) is 51.8 Å². The summed E-state index contributed by atoms with van der Waals surface area (Å²) >= 11 is 0. The van der Waals surface area contributed by atoms with Crippen molar-refractivity contribution >= 4 is 28.6 Å². The monoisotopic (exact) mass is 445 g/mol. The largest absolute Gasteiger partial charge is 0.435 e. The molecule has 168 valence electrons. The average molecular weight is 445 g/mol. The predicted octanol–water partition coefficient (Wildman–Crippen LogP) is 3.22. The Hall–Kier alpha value is -3.47. The third-order valence-corrected chi connectivity index (χ3v) is 5.30. The molecular weight excluding hydrogens is 423 g/mol. The van der Waals surface area contributed by atoms with E-state index in [1.54, 1.807) is 12.1 Å². The van der Waals surface area contributed by atoms with Crippen LogP contribution in [0.4, 0.5) is 19.0 Å². The molecule has 0 radical (unpaired) electrons. The Balaban J connectivity index is 2.05. The van der Waals surface area contributed by atoms with Gasteiger partial charge in [0.15, 0.2) is 5.69 Å². The molecule has 8 nitrogen and oxygen atoms in total. The van der Waals surface area contributed by atoms with E-state index in [0.29, 0.717) is 47.7 Å². The Morgan fingerprint density at radius 3 is 2.81 bits per heavy atom. The molecule has 1 unspecified atom stereocenters. The van der Waals surface area contributed by atoms with Gasteiger partial charge in [0.05, 0.1) is 25.0 Å². The van der Waals surface area contributed by atoms with Crippen LogP contribution in [0.2, 0.25) is 0 Å². The van der Waals surface area contributed by atoms with Gasteiger partial charge >= 0.3 is 6.18 Å². The van der Waals surface area contributed by atoms with Crippen molar-refractivity contribution in [3.8, 4) is 11.1 Å². The zero-order valence-electron chi connectivity index (χ0n) is 17.5. The van der Waals surface area contributed by atoms with E-state index in [2.05, 4.69) is 10.1 Å². The minimum atomic E-state index is -4.63. The zero-order chi connectivity index (χ0) is 23.0. The molecule has 3 aromatic heterocycles. The van der Waals surface area contributed by atoms with E-state index in [1.807, 2.05) is 11.8 Å². The number of hydrogen-bond donors (Lipinski definition) is 2. The number of nitrogens with one attached hydrogen (secondary N) is 1. The number of aromatic nitrogens is 4. The normalized spacial score (nSPS) is 17.7. The van der Waals surface area contributed by atoms with Gasteiger partial charge < -0.3 is 20.8 Å². The van der Waals surface area contributed by atoms with Crippen molar-refractivity contribution in [2.45, 2.75) is 19.1 Å². The number of nitrogens with two attached hydrogens (primary N) is 1. The summed E-state index contributed by atoms with van der Waals surface area (Å²) in [7, 11) is 1.45. The fourth-order valence-corrected chi connectivity index (χ4v) is 3.85. The minimum absolute atomic E-state index is 0.0212. The Morgan fingerprint density at radius 2 is 2.12 bits per heavy atom. The number of rotatable bonds is 4. The van der Waals surface area contributed by atoms with Gasteiger partial charge in [-0.05, 0) is 30.7 Å². The molecular formula is C21H22F3N7O. The van der Waals surface area contributed by atoms with Crippen LogP contribution in [0.1, 0.15) is 18.3 Å². The van der Waals surface area contributed by atoms with E-state index >= 15 is 0 Å². The number of morpholine rings is 1. The van der Waals surface area contributed by atoms with Crippen LogP contribution in [0.25, 0.3) is 27.7 Å². The molecule has 0 aromatic carbocycles. The van der Waals surface area contributed by atoms with E-state index in [1.165, 1.54) is 25.5 Å². The predicted molar refractivity (Wildman–Crippen MR) is 115 cm³/mol. The maximum Gasteiger partial charge on any atom is 0.435 e. The van der Waals surface area contributed by atoms with Crippen LogP contribution < -0.4 is 10.6 Å². The number of hydrogen-bond acceptors (Lipinski definition) is 7. The van der Waals surface area contributed by atoms with Crippen molar-refractivity contribution in [2.24, 2.45) is 12.8 Å². The number of alkyl halides is 3. The van der Waals surface area contributed by atoms with Gasteiger partial charge in [-0.3, -0.25) is 9.67 Å². The Bertz CT molecular complexity index is 1200. The second-order valence-electron chi connectivity index (χ2n) is 7.55. The molecule has 32 heavy (non-hydrogen) atoms. The Morgan fingerprint density at radius 1 is 1.34 bits per heavy atom. The Kier molecular flexibility index (Phi) is 5.59. The van der Waals surface area contributed by atoms with E-state index in [0.717, 1.165) is 10.9 Å². The number of halogens is 3. The van der Waals surface area contributed by atoms with E-state index in [-0.39, 0.29) is 17.3 Å². The molecule has 11 heteroatoms. The van der Waals surface area contributed by atoms with Crippen molar-refractivity contribution in [3.63, 3.8) is 0 Å². The lowest BCUT2D eigenvalue weighted by Crippen LogP contribution is -2.44. The van der Waals surface area contributed by atoms with E-state index in [4.69, 9.17) is 20.9 Å². The van der Waals surface area contributed by atoms with Crippen molar-refractivity contribution in [1.82, 2.24) is 19.7 Å². The van der Waals surface area contributed by atoms with Gasteiger partial charge in [0, 0.05) is 43.2 Å².